The van der Waals surface area contributed by atoms with Gasteiger partial charge in [-0.3, -0.25) is 24.2 Å². The van der Waals surface area contributed by atoms with Gasteiger partial charge in [0.25, 0.3) is 11.8 Å². The first-order valence-corrected chi connectivity index (χ1v) is 26.2. The van der Waals surface area contributed by atoms with Crippen molar-refractivity contribution in [2.24, 2.45) is 0 Å². The summed E-state index contributed by atoms with van der Waals surface area (Å²) in [4.78, 5) is 53.8. The van der Waals surface area contributed by atoms with Crippen molar-refractivity contribution in [3.63, 3.8) is 0 Å². The Bertz CT molecular complexity index is 2020. The number of imide groups is 1. The summed E-state index contributed by atoms with van der Waals surface area (Å²) in [7, 11) is 0. The number of nitrogen functional groups attached to an aromatic ring is 1. The first-order chi connectivity index (χ1) is 36.4. The average molecular weight is 1050 g/mol. The van der Waals surface area contributed by atoms with Gasteiger partial charge in [-0.25, -0.2) is 9.97 Å². The molecule has 4 heterocycles. The molecular formula is C51H82N8O15. The number of unbranched alkanes of at least 4 members (excludes halogenated alkanes) is 1. The van der Waals surface area contributed by atoms with Gasteiger partial charge in [0.05, 0.1) is 151 Å². The molecule has 0 atom stereocenters. The Morgan fingerprint density at radius 1 is 0.608 bits per heavy atom. The van der Waals surface area contributed by atoms with Crippen LogP contribution in [-0.2, 0) is 77.6 Å². The number of aromatic nitrogens is 3. The van der Waals surface area contributed by atoms with Crippen LogP contribution in [0.3, 0.4) is 0 Å². The molecule has 0 saturated carbocycles. The largest absolute Gasteiger partial charge is 0.382 e. The van der Waals surface area contributed by atoms with Crippen molar-refractivity contribution in [2.75, 3.05) is 209 Å². The van der Waals surface area contributed by atoms with Gasteiger partial charge in [0.2, 0.25) is 5.91 Å². The molecule has 0 radical (unpaired) electrons. The van der Waals surface area contributed by atoms with E-state index in [1.165, 1.54) is 17.8 Å². The average Bonchev–Trinajstić information content (AvgIpc) is 4.00. The molecule has 2 aromatic heterocycles. The summed E-state index contributed by atoms with van der Waals surface area (Å²) in [5.74, 6) is 0.674. The van der Waals surface area contributed by atoms with Gasteiger partial charge in [-0.05, 0) is 31.0 Å². The third kappa shape index (κ3) is 24.5. The molecule has 1 fully saturated rings. The van der Waals surface area contributed by atoms with Crippen molar-refractivity contribution >= 4 is 51.2 Å². The first-order valence-electron chi connectivity index (χ1n) is 26.2. The molecule has 3 aromatic rings. The van der Waals surface area contributed by atoms with E-state index >= 15 is 0 Å². The van der Waals surface area contributed by atoms with Crippen LogP contribution in [0.5, 0.6) is 0 Å². The molecule has 2 aliphatic rings. The molecule has 0 spiro atoms. The number of hydrogen-bond acceptors (Lipinski definition) is 20. The molecule has 0 aliphatic carbocycles. The summed E-state index contributed by atoms with van der Waals surface area (Å²) in [6.45, 7) is 17.6. The topological polar surface area (TPSA) is 251 Å². The molecule has 1 saturated heterocycles. The summed E-state index contributed by atoms with van der Waals surface area (Å²) in [5.41, 5.74) is 10.1. The lowest BCUT2D eigenvalue weighted by Gasteiger charge is -2.36. The van der Waals surface area contributed by atoms with Gasteiger partial charge < -0.3 is 77.8 Å². The molecule has 23 nitrogen and oxygen atoms in total. The number of pyridine rings is 1. The maximum Gasteiger partial charge on any atom is 0.253 e. The summed E-state index contributed by atoms with van der Waals surface area (Å²) in [6.07, 6.45) is 6.58. The fourth-order valence-corrected chi connectivity index (χ4v) is 7.61. The minimum absolute atomic E-state index is 0.130. The summed E-state index contributed by atoms with van der Waals surface area (Å²) in [6, 6.07) is 6.40. The zero-order valence-electron chi connectivity index (χ0n) is 43.6. The summed E-state index contributed by atoms with van der Waals surface area (Å²) in [5, 5.41) is 3.80. The molecule has 0 unspecified atom stereocenters. The lowest BCUT2D eigenvalue weighted by Crippen LogP contribution is -2.47. The molecular weight excluding hydrogens is 965 g/mol. The number of benzene rings is 1. The summed E-state index contributed by atoms with van der Waals surface area (Å²) < 4.78 is 66.3. The number of ether oxygens (including phenoxy) is 12. The number of carbonyl (C=O) groups excluding carboxylic acids is 3. The van der Waals surface area contributed by atoms with Crippen molar-refractivity contribution in [3.05, 3.63) is 36.2 Å². The number of aromatic amines is 1. The molecule has 2 aliphatic heterocycles. The monoisotopic (exact) mass is 1050 g/mol. The molecule has 74 heavy (non-hydrogen) atoms. The second kappa shape index (κ2) is 38.1. The fourth-order valence-electron chi connectivity index (χ4n) is 7.61. The maximum atomic E-state index is 11.9. The predicted octanol–water partition coefficient (Wildman–Crippen LogP) is 2.14. The number of piperazine rings is 1. The first kappa shape index (κ1) is 60.4. The van der Waals surface area contributed by atoms with Crippen LogP contribution in [0, 0.1) is 0 Å². The third-order valence-corrected chi connectivity index (χ3v) is 11.7. The SMILES string of the molecule is CCCCc1nc2c([nH]1)c(N)nc1ccc(N3CCN(CCOCCOCCOCOCCCOCCOCCOCCOCCOCCOCCC(=O)NCCOCCOCCN4C(=O)C=CC4=O)CC3)cc12. The number of nitrogens with two attached hydrogens (primary N) is 1. The third-order valence-electron chi connectivity index (χ3n) is 11.7. The van der Waals surface area contributed by atoms with Gasteiger partial charge in [0.15, 0.2) is 0 Å². The van der Waals surface area contributed by atoms with Gasteiger partial charge in [-0.1, -0.05) is 13.3 Å². The van der Waals surface area contributed by atoms with E-state index in [1.54, 1.807) is 0 Å². The zero-order valence-corrected chi connectivity index (χ0v) is 43.6. The van der Waals surface area contributed by atoms with Crippen LogP contribution in [0.4, 0.5) is 11.5 Å². The molecule has 416 valence electrons. The smallest absolute Gasteiger partial charge is 0.253 e. The fraction of sp³-hybridized carbons (Fsp3) is 0.706. The molecule has 3 amide bonds. The number of nitrogens with zero attached hydrogens (tertiary/aromatic N) is 5. The van der Waals surface area contributed by atoms with Crippen LogP contribution in [0.2, 0.25) is 0 Å². The lowest BCUT2D eigenvalue weighted by molar-refractivity contribution is -0.137. The number of H-pyrrole nitrogens is 1. The second-order valence-electron chi connectivity index (χ2n) is 17.2. The highest BCUT2D eigenvalue weighted by Crippen LogP contribution is 2.30. The van der Waals surface area contributed by atoms with Gasteiger partial charge in [0.1, 0.15) is 29.5 Å². The Labute approximate surface area is 435 Å². The van der Waals surface area contributed by atoms with E-state index in [2.05, 4.69) is 50.2 Å². The quantitative estimate of drug-likeness (QED) is 0.0416. The maximum absolute atomic E-state index is 11.9. The predicted molar refractivity (Wildman–Crippen MR) is 276 cm³/mol. The number of carbonyl (C=O) groups is 3. The Kier molecular flexibility index (Phi) is 31.1. The number of aryl methyl sites for hydroxylation is 1. The van der Waals surface area contributed by atoms with Crippen molar-refractivity contribution in [1.29, 1.82) is 0 Å². The molecule has 4 N–H and O–H groups in total. The minimum Gasteiger partial charge on any atom is -0.382 e. The van der Waals surface area contributed by atoms with Crippen LogP contribution >= 0.6 is 0 Å². The van der Waals surface area contributed by atoms with Crippen LogP contribution in [-0.4, -0.2) is 240 Å². The van der Waals surface area contributed by atoms with E-state index < -0.39 is 0 Å². The Morgan fingerprint density at radius 3 is 1.73 bits per heavy atom. The minimum atomic E-state index is -0.330. The number of hydrogen-bond donors (Lipinski definition) is 3. The van der Waals surface area contributed by atoms with Gasteiger partial charge in [-0.2, -0.15) is 0 Å². The van der Waals surface area contributed by atoms with Crippen LogP contribution in [0.25, 0.3) is 21.9 Å². The van der Waals surface area contributed by atoms with Crippen LogP contribution < -0.4 is 16.0 Å². The lowest BCUT2D eigenvalue weighted by atomic mass is 10.1. The number of anilines is 2. The highest BCUT2D eigenvalue weighted by molar-refractivity contribution is 6.12. The second-order valence-corrected chi connectivity index (χ2v) is 17.2. The Morgan fingerprint density at radius 2 is 1.12 bits per heavy atom. The standard InChI is InChI=1S/C51H82N8O15/c1-2-3-5-45-55-49-43-40-42(6-7-44(43)54-51(52)50(49)56-45)58-14-12-57(13-15-58)16-22-66-28-31-72-38-39-74-41-73-19-4-18-63-24-29-68-32-34-70-36-37-71-35-33-69-30-25-64-20-10-46(60)53-11-21-65-26-27-67-23-17-59-47(61)8-9-48(59)62/h6-9,40H,2-5,10-39,41H2,1H3,(H2,52,54)(H,53,60)(H,55,56). The molecule has 0 bridgehead atoms. The van der Waals surface area contributed by atoms with Crippen molar-refractivity contribution < 1.29 is 71.2 Å². The van der Waals surface area contributed by atoms with Gasteiger partial charge in [0, 0.05) is 81.9 Å². The number of imidazole rings is 1. The number of fused-ring (bicyclic) bond motifs is 3. The molecule has 1 aromatic carbocycles. The normalized spacial score (nSPS) is 14.2. The van der Waals surface area contributed by atoms with Gasteiger partial charge in [-0.15, -0.1) is 0 Å². The zero-order chi connectivity index (χ0) is 52.1. The highest BCUT2D eigenvalue weighted by Gasteiger charge is 2.23. The van der Waals surface area contributed by atoms with Crippen molar-refractivity contribution in [1.82, 2.24) is 30.1 Å². The van der Waals surface area contributed by atoms with E-state index in [-0.39, 0.29) is 44.1 Å². The van der Waals surface area contributed by atoms with E-state index in [1.807, 2.05) is 0 Å². The van der Waals surface area contributed by atoms with Crippen molar-refractivity contribution in [2.45, 2.75) is 39.0 Å². The highest BCUT2D eigenvalue weighted by atomic mass is 16.7. The van der Waals surface area contributed by atoms with Crippen LogP contribution in [0.15, 0.2) is 30.4 Å². The van der Waals surface area contributed by atoms with E-state index in [9.17, 15) is 14.4 Å². The van der Waals surface area contributed by atoms with E-state index in [4.69, 9.17) is 67.6 Å². The van der Waals surface area contributed by atoms with Crippen LogP contribution in [0.1, 0.15) is 38.4 Å². The van der Waals surface area contributed by atoms with E-state index in [0.717, 1.165) is 91.1 Å². The number of nitrogens with one attached hydrogen (secondary N) is 2. The van der Waals surface area contributed by atoms with Crippen molar-refractivity contribution in [3.8, 4) is 0 Å². The number of rotatable bonds is 46. The summed E-state index contributed by atoms with van der Waals surface area (Å²) >= 11 is 0. The number of amides is 3. The Balaban J connectivity index is 0.674. The van der Waals surface area contributed by atoms with Gasteiger partial charge >= 0.3 is 0 Å². The Hall–Kier alpha value is -4.47. The molecule has 23 heteroatoms. The molecule has 5 rings (SSSR count). The van der Waals surface area contributed by atoms with E-state index in [0.29, 0.717) is 151 Å².